The lowest BCUT2D eigenvalue weighted by Gasteiger charge is -2.08. The molecule has 1 aliphatic rings. The molecular formula is C22H20BrN5O. The number of pyridine rings is 1. The number of nitrogens with one attached hydrogen (secondary N) is 1. The van der Waals surface area contributed by atoms with Gasteiger partial charge in [0.1, 0.15) is 5.65 Å². The van der Waals surface area contributed by atoms with Crippen LogP contribution >= 0.6 is 15.9 Å². The topological polar surface area (TPSA) is 64.2 Å². The number of carbonyl (C=O) groups excluding carboxylic acids is 1. The van der Waals surface area contributed by atoms with Crippen LogP contribution in [-0.2, 0) is 19.4 Å². The molecular weight excluding hydrogens is 430 g/mol. The maximum absolute atomic E-state index is 12.9. The summed E-state index contributed by atoms with van der Waals surface area (Å²) in [5.41, 5.74) is 6.61. The standard InChI is InChI=1S/C22H20BrN5O/c1-14-5-2-3-7-18(14)28-19-8-4-6-17(19)21(26-28)22(29)24-11-16-13-27-12-15(23)9-10-20(27)25-16/h2-3,5,7,9-10,12-13H,4,6,8,11H2,1H3,(H,24,29). The van der Waals surface area contributed by atoms with E-state index in [1.807, 2.05) is 45.7 Å². The van der Waals surface area contributed by atoms with E-state index in [9.17, 15) is 4.79 Å². The van der Waals surface area contributed by atoms with Gasteiger partial charge in [0.15, 0.2) is 5.69 Å². The van der Waals surface area contributed by atoms with Crippen LogP contribution in [0.3, 0.4) is 0 Å². The van der Waals surface area contributed by atoms with E-state index in [1.165, 1.54) is 0 Å². The van der Waals surface area contributed by atoms with Crippen LogP contribution in [0.1, 0.15) is 39.4 Å². The molecule has 5 rings (SSSR count). The fourth-order valence-electron chi connectivity index (χ4n) is 3.98. The van der Waals surface area contributed by atoms with Gasteiger partial charge in [0.2, 0.25) is 0 Å². The number of benzene rings is 1. The van der Waals surface area contributed by atoms with E-state index in [0.29, 0.717) is 12.2 Å². The Hall–Kier alpha value is -2.93. The molecule has 146 valence electrons. The number of carbonyl (C=O) groups is 1. The molecule has 0 bridgehead atoms. The molecule has 1 amide bonds. The summed E-state index contributed by atoms with van der Waals surface area (Å²) in [6, 6.07) is 12.0. The highest BCUT2D eigenvalue weighted by molar-refractivity contribution is 9.10. The lowest BCUT2D eigenvalue weighted by Crippen LogP contribution is -2.24. The molecule has 0 spiro atoms. The molecule has 0 aliphatic heterocycles. The molecule has 29 heavy (non-hydrogen) atoms. The maximum Gasteiger partial charge on any atom is 0.272 e. The van der Waals surface area contributed by atoms with E-state index >= 15 is 0 Å². The van der Waals surface area contributed by atoms with Gasteiger partial charge in [0.25, 0.3) is 5.91 Å². The minimum atomic E-state index is -0.145. The predicted molar refractivity (Wildman–Crippen MR) is 114 cm³/mol. The van der Waals surface area contributed by atoms with Gasteiger partial charge in [-0.25, -0.2) is 9.67 Å². The van der Waals surface area contributed by atoms with Crippen LogP contribution in [0.15, 0.2) is 53.3 Å². The molecule has 3 heterocycles. The first-order chi connectivity index (χ1) is 14.1. The monoisotopic (exact) mass is 449 g/mol. The molecule has 0 fully saturated rings. The largest absolute Gasteiger partial charge is 0.345 e. The second-order valence-electron chi connectivity index (χ2n) is 7.35. The van der Waals surface area contributed by atoms with Crippen molar-refractivity contribution in [3.63, 3.8) is 0 Å². The first-order valence-electron chi connectivity index (χ1n) is 9.68. The minimum absolute atomic E-state index is 0.145. The Bertz CT molecular complexity index is 1240. The third-order valence-corrected chi connectivity index (χ3v) is 5.85. The van der Waals surface area contributed by atoms with Gasteiger partial charge in [-0.15, -0.1) is 0 Å². The molecule has 0 unspecified atom stereocenters. The number of amides is 1. The molecule has 1 N–H and O–H groups in total. The number of hydrogen-bond acceptors (Lipinski definition) is 3. The van der Waals surface area contributed by atoms with E-state index < -0.39 is 0 Å². The van der Waals surface area contributed by atoms with Crippen molar-refractivity contribution < 1.29 is 4.79 Å². The number of halogens is 1. The van der Waals surface area contributed by atoms with Crippen molar-refractivity contribution in [3.05, 3.63) is 81.5 Å². The summed E-state index contributed by atoms with van der Waals surface area (Å²) < 4.78 is 4.88. The smallest absolute Gasteiger partial charge is 0.272 e. The molecule has 6 nitrogen and oxygen atoms in total. The van der Waals surface area contributed by atoms with Crippen molar-refractivity contribution in [2.45, 2.75) is 32.7 Å². The second kappa shape index (κ2) is 7.15. The van der Waals surface area contributed by atoms with E-state index in [1.54, 1.807) is 0 Å². The van der Waals surface area contributed by atoms with Crippen molar-refractivity contribution in [1.82, 2.24) is 24.5 Å². The quantitative estimate of drug-likeness (QED) is 0.511. The summed E-state index contributed by atoms with van der Waals surface area (Å²) >= 11 is 3.46. The number of aryl methyl sites for hydroxylation is 1. The summed E-state index contributed by atoms with van der Waals surface area (Å²) in [5, 5.41) is 7.70. The fraction of sp³-hybridized carbons (Fsp3) is 0.227. The van der Waals surface area contributed by atoms with Crippen LogP contribution in [-0.4, -0.2) is 25.1 Å². The Morgan fingerprint density at radius 2 is 2.03 bits per heavy atom. The lowest BCUT2D eigenvalue weighted by atomic mass is 10.2. The molecule has 0 radical (unpaired) electrons. The number of nitrogens with zero attached hydrogens (tertiary/aromatic N) is 4. The summed E-state index contributed by atoms with van der Waals surface area (Å²) in [5.74, 6) is -0.145. The number of rotatable bonds is 4. The van der Waals surface area contributed by atoms with Gasteiger partial charge >= 0.3 is 0 Å². The summed E-state index contributed by atoms with van der Waals surface area (Å²) in [4.78, 5) is 17.5. The molecule has 0 saturated heterocycles. The van der Waals surface area contributed by atoms with Gasteiger partial charge in [0, 0.05) is 28.1 Å². The highest BCUT2D eigenvalue weighted by Gasteiger charge is 2.27. The number of imidazole rings is 1. The third kappa shape index (κ3) is 3.25. The molecule has 7 heteroatoms. The van der Waals surface area contributed by atoms with E-state index in [2.05, 4.69) is 45.3 Å². The van der Waals surface area contributed by atoms with Crippen molar-refractivity contribution >= 4 is 27.5 Å². The van der Waals surface area contributed by atoms with Crippen LogP contribution in [0.25, 0.3) is 11.3 Å². The van der Waals surface area contributed by atoms with Gasteiger partial charge in [-0.2, -0.15) is 5.10 Å². The van der Waals surface area contributed by atoms with Crippen LogP contribution in [0.4, 0.5) is 0 Å². The zero-order chi connectivity index (χ0) is 20.0. The first-order valence-corrected chi connectivity index (χ1v) is 10.5. The Kier molecular flexibility index (Phi) is 4.47. The summed E-state index contributed by atoms with van der Waals surface area (Å²) in [6.45, 7) is 2.43. The normalized spacial score (nSPS) is 13.0. The maximum atomic E-state index is 12.9. The van der Waals surface area contributed by atoms with E-state index in [-0.39, 0.29) is 5.91 Å². The Morgan fingerprint density at radius 1 is 1.17 bits per heavy atom. The van der Waals surface area contributed by atoms with Gasteiger partial charge in [0.05, 0.1) is 17.9 Å². The van der Waals surface area contributed by atoms with Crippen LogP contribution < -0.4 is 5.32 Å². The van der Waals surface area contributed by atoms with Gasteiger partial charge in [-0.3, -0.25) is 4.79 Å². The Balaban J connectivity index is 1.41. The Morgan fingerprint density at radius 3 is 2.90 bits per heavy atom. The number of aromatic nitrogens is 4. The van der Waals surface area contributed by atoms with Crippen LogP contribution in [0.2, 0.25) is 0 Å². The second-order valence-corrected chi connectivity index (χ2v) is 8.27. The zero-order valence-electron chi connectivity index (χ0n) is 16.0. The van der Waals surface area contributed by atoms with Crippen molar-refractivity contribution in [2.24, 2.45) is 0 Å². The van der Waals surface area contributed by atoms with Gasteiger partial charge in [-0.05, 0) is 65.9 Å². The molecule has 0 atom stereocenters. The van der Waals surface area contributed by atoms with Gasteiger partial charge < -0.3 is 9.72 Å². The van der Waals surface area contributed by atoms with E-state index in [0.717, 1.165) is 57.6 Å². The SMILES string of the molecule is Cc1ccccc1-n1nc(C(=O)NCc2cn3cc(Br)ccc3n2)c2c1CCC2. The number of para-hydroxylation sites is 1. The third-order valence-electron chi connectivity index (χ3n) is 5.38. The lowest BCUT2D eigenvalue weighted by molar-refractivity contribution is 0.0944. The molecule has 0 saturated carbocycles. The van der Waals surface area contributed by atoms with Crippen LogP contribution in [0.5, 0.6) is 0 Å². The van der Waals surface area contributed by atoms with E-state index in [4.69, 9.17) is 5.10 Å². The molecule has 4 aromatic rings. The van der Waals surface area contributed by atoms with Crippen LogP contribution in [0, 0.1) is 6.92 Å². The zero-order valence-corrected chi connectivity index (χ0v) is 17.6. The highest BCUT2D eigenvalue weighted by Crippen LogP contribution is 2.28. The van der Waals surface area contributed by atoms with Crippen molar-refractivity contribution in [3.8, 4) is 5.69 Å². The Labute approximate surface area is 176 Å². The number of hydrogen-bond donors (Lipinski definition) is 1. The molecule has 1 aliphatic carbocycles. The summed E-state index contributed by atoms with van der Waals surface area (Å²) in [7, 11) is 0. The van der Waals surface area contributed by atoms with Crippen molar-refractivity contribution in [1.29, 1.82) is 0 Å². The average Bonchev–Trinajstić information content (AvgIpc) is 3.41. The molecule has 1 aromatic carbocycles. The van der Waals surface area contributed by atoms with Gasteiger partial charge in [-0.1, -0.05) is 18.2 Å². The fourth-order valence-corrected chi connectivity index (χ4v) is 4.33. The summed E-state index contributed by atoms with van der Waals surface area (Å²) in [6.07, 6.45) is 6.78. The molecule has 3 aromatic heterocycles. The highest BCUT2D eigenvalue weighted by atomic mass is 79.9. The number of fused-ring (bicyclic) bond motifs is 2. The first kappa shape index (κ1) is 18.1. The minimum Gasteiger partial charge on any atom is -0.345 e. The predicted octanol–water partition coefficient (Wildman–Crippen LogP) is 4.01. The average molecular weight is 450 g/mol. The van der Waals surface area contributed by atoms with Crippen molar-refractivity contribution in [2.75, 3.05) is 0 Å².